The van der Waals surface area contributed by atoms with E-state index >= 15 is 0 Å². The summed E-state index contributed by atoms with van der Waals surface area (Å²) in [5.41, 5.74) is 4.16. The van der Waals surface area contributed by atoms with Gasteiger partial charge in [0.2, 0.25) is 0 Å². The zero-order chi connectivity index (χ0) is 25.7. The van der Waals surface area contributed by atoms with Crippen LogP contribution >= 0.6 is 23.8 Å². The molecule has 0 aliphatic carbocycles. The number of amides is 1. The quantitative estimate of drug-likeness (QED) is 0.219. The Labute approximate surface area is 220 Å². The van der Waals surface area contributed by atoms with Crippen LogP contribution in [0.4, 0.5) is 5.69 Å². The third-order valence-corrected chi connectivity index (χ3v) is 6.71. The topological polar surface area (TPSA) is 70.1 Å². The smallest absolute Gasteiger partial charge is 0.262 e. The number of fused-ring (bicyclic) bond motifs is 1. The first-order valence-electron chi connectivity index (χ1n) is 12.0. The average molecular weight is 521 g/mol. The lowest BCUT2D eigenvalue weighted by Crippen LogP contribution is -2.30. The van der Waals surface area contributed by atoms with E-state index in [2.05, 4.69) is 53.3 Å². The van der Waals surface area contributed by atoms with Crippen LogP contribution in [-0.2, 0) is 6.54 Å². The number of nitrogens with one attached hydrogen (secondary N) is 2. The molecule has 1 amide bonds. The third kappa shape index (κ3) is 6.04. The van der Waals surface area contributed by atoms with Gasteiger partial charge in [0.1, 0.15) is 0 Å². The van der Waals surface area contributed by atoms with E-state index in [1.165, 1.54) is 15.8 Å². The average Bonchev–Trinajstić information content (AvgIpc) is 2.87. The molecule has 2 N–H and O–H groups in total. The van der Waals surface area contributed by atoms with Crippen LogP contribution in [0.1, 0.15) is 34.8 Å². The molecule has 6 nitrogen and oxygen atoms in total. The molecular weight excluding hydrogens is 492 g/mol. The highest BCUT2D eigenvalue weighted by atomic mass is 35.5. The summed E-state index contributed by atoms with van der Waals surface area (Å²) in [6, 6.07) is 20.7. The predicted octanol–water partition coefficient (Wildman–Crippen LogP) is 5.72. The summed E-state index contributed by atoms with van der Waals surface area (Å²) >= 11 is 11.4. The number of halogens is 1. The van der Waals surface area contributed by atoms with Crippen molar-refractivity contribution in [3.63, 3.8) is 0 Å². The number of anilines is 1. The van der Waals surface area contributed by atoms with Gasteiger partial charge in [-0.15, -0.1) is 0 Å². The number of H-pyrrole nitrogens is 1. The largest absolute Gasteiger partial charge is 0.372 e. The standard InChI is InChI=1S/C28H29ClN4O2S/c1-3-32(23-7-4-6-19(2)16-23)15-5-14-30-26(34)21-10-13-24-25(17-21)31-28(36)33(27(24)35)18-20-8-11-22(29)12-9-20/h4,6-13,16-17H,3,5,14-15,18H2,1-2H3,(H,30,34)(H,31,36). The van der Waals surface area contributed by atoms with Gasteiger partial charge in [0, 0.05) is 35.9 Å². The maximum Gasteiger partial charge on any atom is 0.262 e. The SMILES string of the molecule is CCN(CCCNC(=O)c1ccc2c(=O)n(Cc3ccc(Cl)cc3)c(=S)[nH]c2c1)c1cccc(C)c1. The summed E-state index contributed by atoms with van der Waals surface area (Å²) in [5.74, 6) is -0.180. The van der Waals surface area contributed by atoms with E-state index in [-0.39, 0.29) is 11.5 Å². The molecule has 186 valence electrons. The molecule has 0 fully saturated rings. The van der Waals surface area contributed by atoms with Crippen molar-refractivity contribution in [1.82, 2.24) is 14.9 Å². The van der Waals surface area contributed by atoms with Crippen LogP contribution in [0, 0.1) is 11.7 Å². The molecule has 1 heterocycles. The fourth-order valence-corrected chi connectivity index (χ4v) is 4.56. The van der Waals surface area contributed by atoms with Crippen molar-refractivity contribution < 1.29 is 4.79 Å². The molecule has 36 heavy (non-hydrogen) atoms. The number of hydrogen-bond donors (Lipinski definition) is 2. The molecule has 0 saturated carbocycles. The number of aromatic nitrogens is 2. The Morgan fingerprint density at radius 3 is 2.61 bits per heavy atom. The number of aryl methyl sites for hydroxylation is 1. The predicted molar refractivity (Wildman–Crippen MR) is 150 cm³/mol. The maximum absolute atomic E-state index is 13.1. The molecular formula is C28H29ClN4O2S. The van der Waals surface area contributed by atoms with Crippen LogP contribution in [0.2, 0.25) is 5.02 Å². The Kier molecular flexibility index (Phi) is 8.23. The highest BCUT2D eigenvalue weighted by Crippen LogP contribution is 2.16. The van der Waals surface area contributed by atoms with Gasteiger partial charge in [0.05, 0.1) is 17.4 Å². The van der Waals surface area contributed by atoms with Crippen molar-refractivity contribution in [1.29, 1.82) is 0 Å². The molecule has 8 heteroatoms. The van der Waals surface area contributed by atoms with Crippen molar-refractivity contribution >= 4 is 46.3 Å². The van der Waals surface area contributed by atoms with Gasteiger partial charge in [0.25, 0.3) is 11.5 Å². The van der Waals surface area contributed by atoms with Crippen LogP contribution in [0.5, 0.6) is 0 Å². The molecule has 0 aliphatic heterocycles. The van der Waals surface area contributed by atoms with E-state index in [1.54, 1.807) is 30.3 Å². The van der Waals surface area contributed by atoms with E-state index in [4.69, 9.17) is 23.8 Å². The molecule has 0 spiro atoms. The first-order chi connectivity index (χ1) is 17.4. The molecule has 0 unspecified atom stereocenters. The number of benzene rings is 3. The van der Waals surface area contributed by atoms with Crippen molar-refractivity contribution in [3.05, 3.63) is 104 Å². The van der Waals surface area contributed by atoms with Crippen molar-refractivity contribution in [3.8, 4) is 0 Å². The minimum Gasteiger partial charge on any atom is -0.372 e. The molecule has 4 aromatic rings. The van der Waals surface area contributed by atoms with E-state index < -0.39 is 0 Å². The second kappa shape index (κ2) is 11.5. The van der Waals surface area contributed by atoms with Gasteiger partial charge >= 0.3 is 0 Å². The Balaban J connectivity index is 1.41. The second-order valence-corrected chi connectivity index (χ2v) is 9.56. The molecule has 3 aromatic carbocycles. The maximum atomic E-state index is 13.1. The van der Waals surface area contributed by atoms with Gasteiger partial charge in [-0.05, 0) is 86.1 Å². The summed E-state index contributed by atoms with van der Waals surface area (Å²) in [6.45, 7) is 6.85. The Morgan fingerprint density at radius 2 is 1.89 bits per heavy atom. The Morgan fingerprint density at radius 1 is 1.11 bits per heavy atom. The van der Waals surface area contributed by atoms with Crippen molar-refractivity contribution in [2.24, 2.45) is 0 Å². The van der Waals surface area contributed by atoms with Gasteiger partial charge in [0.15, 0.2) is 4.77 Å². The summed E-state index contributed by atoms with van der Waals surface area (Å²) in [6.07, 6.45) is 0.818. The Hall–Kier alpha value is -3.42. The molecule has 1 aromatic heterocycles. The number of carbonyl (C=O) groups excluding carboxylic acids is 1. The minimum absolute atomic E-state index is 0.180. The van der Waals surface area contributed by atoms with Gasteiger partial charge in [-0.3, -0.25) is 14.2 Å². The number of nitrogens with zero attached hydrogens (tertiary/aromatic N) is 2. The lowest BCUT2D eigenvalue weighted by atomic mass is 10.1. The van der Waals surface area contributed by atoms with E-state index in [1.807, 2.05) is 12.1 Å². The molecule has 0 bridgehead atoms. The Bertz CT molecular complexity index is 1490. The lowest BCUT2D eigenvalue weighted by Gasteiger charge is -2.23. The van der Waals surface area contributed by atoms with E-state index in [9.17, 15) is 9.59 Å². The highest BCUT2D eigenvalue weighted by Gasteiger charge is 2.11. The van der Waals surface area contributed by atoms with Crippen LogP contribution in [0.3, 0.4) is 0 Å². The minimum atomic E-state index is -0.202. The van der Waals surface area contributed by atoms with Crippen LogP contribution in [0.25, 0.3) is 10.9 Å². The first-order valence-corrected chi connectivity index (χ1v) is 12.8. The summed E-state index contributed by atoms with van der Waals surface area (Å²) in [5, 5.41) is 4.10. The fraction of sp³-hybridized carbons (Fsp3) is 0.250. The number of rotatable bonds is 9. The van der Waals surface area contributed by atoms with Crippen LogP contribution in [0.15, 0.2) is 71.5 Å². The van der Waals surface area contributed by atoms with Gasteiger partial charge in [-0.1, -0.05) is 35.9 Å². The molecule has 0 atom stereocenters. The molecule has 0 saturated heterocycles. The zero-order valence-corrected chi connectivity index (χ0v) is 22.0. The van der Waals surface area contributed by atoms with E-state index in [0.29, 0.717) is 39.3 Å². The lowest BCUT2D eigenvalue weighted by molar-refractivity contribution is 0.0953. The number of hydrogen-bond acceptors (Lipinski definition) is 4. The second-order valence-electron chi connectivity index (χ2n) is 8.74. The molecule has 0 radical (unpaired) electrons. The van der Waals surface area contributed by atoms with Gasteiger partial charge in [-0.2, -0.15) is 0 Å². The number of carbonyl (C=O) groups is 1. The molecule has 4 rings (SSSR count). The van der Waals surface area contributed by atoms with Gasteiger partial charge in [-0.25, -0.2) is 0 Å². The van der Waals surface area contributed by atoms with Crippen molar-refractivity contribution in [2.75, 3.05) is 24.5 Å². The highest BCUT2D eigenvalue weighted by molar-refractivity contribution is 7.71. The number of aromatic amines is 1. The third-order valence-electron chi connectivity index (χ3n) is 6.14. The monoisotopic (exact) mass is 520 g/mol. The normalized spacial score (nSPS) is 11.0. The van der Waals surface area contributed by atoms with Gasteiger partial charge < -0.3 is 15.2 Å². The van der Waals surface area contributed by atoms with E-state index in [0.717, 1.165) is 25.1 Å². The zero-order valence-electron chi connectivity index (χ0n) is 20.4. The first kappa shape index (κ1) is 25.7. The fourth-order valence-electron chi connectivity index (χ4n) is 4.18. The van der Waals surface area contributed by atoms with Crippen LogP contribution < -0.4 is 15.8 Å². The summed E-state index contributed by atoms with van der Waals surface area (Å²) < 4.78 is 1.81. The molecule has 0 aliphatic rings. The summed E-state index contributed by atoms with van der Waals surface area (Å²) in [7, 11) is 0. The summed E-state index contributed by atoms with van der Waals surface area (Å²) in [4.78, 5) is 31.3. The van der Waals surface area contributed by atoms with Crippen molar-refractivity contribution in [2.45, 2.75) is 26.8 Å². The van der Waals surface area contributed by atoms with Crippen LogP contribution in [-0.4, -0.2) is 35.1 Å².